The zero-order chi connectivity index (χ0) is 24.2. The Morgan fingerprint density at radius 1 is 0.943 bits per heavy atom. The molecule has 0 aromatic heterocycles. The van der Waals surface area contributed by atoms with E-state index in [-0.39, 0.29) is 25.2 Å². The molecule has 6 nitrogen and oxygen atoms in total. The van der Waals surface area contributed by atoms with Crippen LogP contribution in [0.2, 0.25) is 0 Å². The van der Waals surface area contributed by atoms with E-state index in [1.165, 1.54) is 0 Å². The van der Waals surface area contributed by atoms with E-state index in [4.69, 9.17) is 14.2 Å². The van der Waals surface area contributed by atoms with Gasteiger partial charge in [0.15, 0.2) is 11.5 Å². The number of para-hydroxylation sites is 2. The Balaban J connectivity index is 1.48. The largest absolute Gasteiger partial charge is 0.491 e. The van der Waals surface area contributed by atoms with Gasteiger partial charge in [-0.1, -0.05) is 56.3 Å². The highest BCUT2D eigenvalue weighted by atomic mass is 16.7. The van der Waals surface area contributed by atoms with Crippen LogP contribution in [0.25, 0.3) is 0 Å². The van der Waals surface area contributed by atoms with Gasteiger partial charge in [0.2, 0.25) is 12.7 Å². The summed E-state index contributed by atoms with van der Waals surface area (Å²) >= 11 is 0. The molecular formula is C29H32N2O4. The monoisotopic (exact) mass is 472 g/mol. The van der Waals surface area contributed by atoms with Crippen molar-refractivity contribution in [1.82, 2.24) is 4.90 Å². The number of rotatable bonds is 4. The molecule has 0 spiro atoms. The van der Waals surface area contributed by atoms with Crippen LogP contribution in [0.5, 0.6) is 17.2 Å². The molecule has 0 bridgehead atoms. The summed E-state index contributed by atoms with van der Waals surface area (Å²) in [7, 11) is 0. The second-order valence-electron chi connectivity index (χ2n) is 9.60. The first-order valence-corrected chi connectivity index (χ1v) is 12.3. The third-order valence-corrected chi connectivity index (χ3v) is 6.53. The summed E-state index contributed by atoms with van der Waals surface area (Å²) in [6, 6.07) is 22.0. The van der Waals surface area contributed by atoms with Crippen LogP contribution in [0.1, 0.15) is 37.0 Å². The number of hydrogen-bond acceptors (Lipinski definition) is 5. The number of nitrogens with one attached hydrogen (secondary N) is 1. The Kier molecular flexibility index (Phi) is 6.80. The third-order valence-electron chi connectivity index (χ3n) is 6.53. The highest BCUT2D eigenvalue weighted by Crippen LogP contribution is 2.33. The molecule has 1 atom stereocenters. The SMILES string of the molecule is CC(C)C[C@H]1COc2ccccc2CNc2ccccc2CN1C(=O)Cc1ccc2c(c1)OCO2. The molecule has 1 N–H and O–H groups in total. The van der Waals surface area contributed by atoms with Gasteiger partial charge in [-0.3, -0.25) is 4.79 Å². The van der Waals surface area contributed by atoms with Gasteiger partial charge >= 0.3 is 0 Å². The van der Waals surface area contributed by atoms with Crippen LogP contribution < -0.4 is 19.5 Å². The number of anilines is 1. The lowest BCUT2D eigenvalue weighted by molar-refractivity contribution is -0.134. The second kappa shape index (κ2) is 10.3. The number of nitrogens with zero attached hydrogens (tertiary/aromatic N) is 1. The van der Waals surface area contributed by atoms with E-state index in [0.717, 1.165) is 40.3 Å². The van der Waals surface area contributed by atoms with Crippen LogP contribution in [0.4, 0.5) is 5.69 Å². The van der Waals surface area contributed by atoms with Crippen LogP contribution in [-0.4, -0.2) is 30.2 Å². The van der Waals surface area contributed by atoms with E-state index in [0.29, 0.717) is 31.4 Å². The van der Waals surface area contributed by atoms with Crippen molar-refractivity contribution in [2.75, 3.05) is 18.7 Å². The predicted octanol–water partition coefficient (Wildman–Crippen LogP) is 5.41. The lowest BCUT2D eigenvalue weighted by Crippen LogP contribution is -2.44. The fourth-order valence-corrected chi connectivity index (χ4v) is 4.76. The average Bonchev–Trinajstić information content (AvgIpc) is 3.31. The fraction of sp³-hybridized carbons (Fsp3) is 0.345. The molecule has 0 saturated carbocycles. The highest BCUT2D eigenvalue weighted by Gasteiger charge is 2.28. The average molecular weight is 473 g/mol. The molecule has 3 aromatic carbocycles. The van der Waals surface area contributed by atoms with Gasteiger partial charge < -0.3 is 24.4 Å². The van der Waals surface area contributed by atoms with Crippen molar-refractivity contribution in [3.8, 4) is 17.2 Å². The van der Waals surface area contributed by atoms with Crippen LogP contribution in [-0.2, 0) is 24.3 Å². The van der Waals surface area contributed by atoms with Crippen LogP contribution >= 0.6 is 0 Å². The summed E-state index contributed by atoms with van der Waals surface area (Å²) in [5.74, 6) is 2.76. The Morgan fingerprint density at radius 3 is 2.57 bits per heavy atom. The number of benzene rings is 3. The smallest absolute Gasteiger partial charge is 0.231 e. The van der Waals surface area contributed by atoms with E-state index >= 15 is 0 Å². The number of fused-ring (bicyclic) bond motifs is 3. The topological polar surface area (TPSA) is 60.0 Å². The molecule has 1 amide bonds. The Labute approximate surface area is 206 Å². The number of hydrogen-bond donors (Lipinski definition) is 1. The molecular weight excluding hydrogens is 440 g/mol. The normalized spacial score (nSPS) is 17.0. The van der Waals surface area contributed by atoms with Crippen molar-refractivity contribution in [1.29, 1.82) is 0 Å². The van der Waals surface area contributed by atoms with Gasteiger partial charge in [-0.15, -0.1) is 0 Å². The first kappa shape index (κ1) is 23.1. The van der Waals surface area contributed by atoms with Crippen molar-refractivity contribution < 1.29 is 19.0 Å². The number of carbonyl (C=O) groups excluding carboxylic acids is 1. The molecule has 0 saturated heterocycles. The minimum absolute atomic E-state index is 0.0595. The molecule has 35 heavy (non-hydrogen) atoms. The van der Waals surface area contributed by atoms with Crippen molar-refractivity contribution in [2.45, 2.75) is 45.8 Å². The maximum atomic E-state index is 13.8. The molecule has 2 aliphatic heterocycles. The minimum Gasteiger partial charge on any atom is -0.491 e. The summed E-state index contributed by atoms with van der Waals surface area (Å²) in [5.41, 5.74) is 4.15. The highest BCUT2D eigenvalue weighted by molar-refractivity contribution is 5.79. The lowest BCUT2D eigenvalue weighted by Gasteiger charge is -2.33. The quantitative estimate of drug-likeness (QED) is 0.551. The molecule has 0 aliphatic carbocycles. The number of ether oxygens (including phenoxy) is 3. The molecule has 3 aromatic rings. The number of amides is 1. The maximum Gasteiger partial charge on any atom is 0.231 e. The van der Waals surface area contributed by atoms with Crippen LogP contribution in [0.3, 0.4) is 0 Å². The van der Waals surface area contributed by atoms with E-state index < -0.39 is 0 Å². The second-order valence-corrected chi connectivity index (χ2v) is 9.60. The zero-order valence-electron chi connectivity index (χ0n) is 20.3. The molecule has 5 rings (SSSR count). The van der Waals surface area contributed by atoms with Crippen LogP contribution in [0.15, 0.2) is 66.7 Å². The first-order valence-electron chi connectivity index (χ1n) is 12.3. The van der Waals surface area contributed by atoms with E-state index in [1.54, 1.807) is 0 Å². The summed E-state index contributed by atoms with van der Waals surface area (Å²) < 4.78 is 17.3. The summed E-state index contributed by atoms with van der Waals surface area (Å²) in [6.45, 7) is 6.23. The van der Waals surface area contributed by atoms with Crippen LogP contribution in [0, 0.1) is 5.92 Å². The molecule has 2 aliphatic rings. The maximum absolute atomic E-state index is 13.8. The van der Waals surface area contributed by atoms with Gasteiger partial charge in [0.05, 0.1) is 12.5 Å². The fourth-order valence-electron chi connectivity index (χ4n) is 4.76. The molecule has 6 heteroatoms. The van der Waals surface area contributed by atoms with Gasteiger partial charge in [0.1, 0.15) is 12.4 Å². The summed E-state index contributed by atoms with van der Waals surface area (Å²) in [6.07, 6.45) is 1.14. The van der Waals surface area contributed by atoms with Gasteiger partial charge in [0, 0.05) is 24.3 Å². The standard InChI is InChI=1S/C29H32N2O4/c1-20(2)13-24-18-33-26-10-6-4-7-22(26)16-30-25-9-5-3-8-23(25)17-31(24)29(32)15-21-11-12-27-28(14-21)35-19-34-27/h3-12,14,20,24,30H,13,15-19H2,1-2H3/t24-/m0/s1. The summed E-state index contributed by atoms with van der Waals surface area (Å²) in [4.78, 5) is 15.8. The Hall–Kier alpha value is -3.67. The molecule has 0 radical (unpaired) electrons. The van der Waals surface area contributed by atoms with Gasteiger partial charge in [-0.25, -0.2) is 0 Å². The minimum atomic E-state index is -0.0595. The van der Waals surface area contributed by atoms with E-state index in [2.05, 4.69) is 37.4 Å². The lowest BCUT2D eigenvalue weighted by atomic mass is 10.0. The van der Waals surface area contributed by atoms with Crippen molar-refractivity contribution >= 4 is 11.6 Å². The Bertz CT molecular complexity index is 1190. The van der Waals surface area contributed by atoms with Crippen molar-refractivity contribution in [3.05, 3.63) is 83.4 Å². The summed E-state index contributed by atoms with van der Waals surface area (Å²) in [5, 5.41) is 3.56. The van der Waals surface area contributed by atoms with Crippen molar-refractivity contribution in [2.24, 2.45) is 5.92 Å². The van der Waals surface area contributed by atoms with Gasteiger partial charge in [0.25, 0.3) is 0 Å². The predicted molar refractivity (Wildman–Crippen MR) is 136 cm³/mol. The zero-order valence-corrected chi connectivity index (χ0v) is 20.3. The van der Waals surface area contributed by atoms with Crippen molar-refractivity contribution in [3.63, 3.8) is 0 Å². The Morgan fingerprint density at radius 2 is 1.71 bits per heavy atom. The third kappa shape index (κ3) is 5.37. The van der Waals surface area contributed by atoms with E-state index in [9.17, 15) is 4.79 Å². The van der Waals surface area contributed by atoms with Gasteiger partial charge in [-0.05, 0) is 47.7 Å². The number of carbonyl (C=O) groups is 1. The molecule has 0 unspecified atom stereocenters. The van der Waals surface area contributed by atoms with E-state index in [1.807, 2.05) is 53.4 Å². The molecule has 182 valence electrons. The molecule has 0 fully saturated rings. The van der Waals surface area contributed by atoms with Gasteiger partial charge in [-0.2, -0.15) is 0 Å². The molecule has 2 heterocycles. The first-order chi connectivity index (χ1) is 17.1.